The molecule has 0 aliphatic heterocycles. The molecular formula is C28H19Cl3N2O4. The highest BCUT2D eigenvalue weighted by Crippen LogP contribution is 2.23. The Morgan fingerprint density at radius 2 is 1.51 bits per heavy atom. The standard InChI is InChI=1S/C28H19Cl3N2O4/c29-20-9-5-19(6-10-20)17-36-26-4-2-1-3-24(26)27(34)33-32-16-18-7-12-22(13-8-18)37-28(35)23-14-11-21(30)15-25(23)31/h1-16H,17H2,(H,33,34). The van der Waals surface area contributed by atoms with Gasteiger partial charge in [-0.2, -0.15) is 5.10 Å². The van der Waals surface area contributed by atoms with Gasteiger partial charge in [-0.3, -0.25) is 4.79 Å². The lowest BCUT2D eigenvalue weighted by Crippen LogP contribution is -2.18. The molecule has 9 heteroatoms. The van der Waals surface area contributed by atoms with Crippen LogP contribution in [0.2, 0.25) is 15.1 Å². The minimum atomic E-state index is -0.604. The number of carbonyl (C=O) groups excluding carboxylic acids is 2. The minimum absolute atomic E-state index is 0.203. The van der Waals surface area contributed by atoms with E-state index in [4.69, 9.17) is 44.3 Å². The lowest BCUT2D eigenvalue weighted by Gasteiger charge is -2.10. The van der Waals surface area contributed by atoms with Crippen LogP contribution < -0.4 is 14.9 Å². The van der Waals surface area contributed by atoms with Gasteiger partial charge < -0.3 is 9.47 Å². The molecule has 0 unspecified atom stereocenters. The Balaban J connectivity index is 1.33. The fraction of sp³-hybridized carbons (Fsp3) is 0.0357. The van der Waals surface area contributed by atoms with Crippen molar-refractivity contribution >= 4 is 52.9 Å². The SMILES string of the molecule is O=C(Oc1ccc(C=NNC(=O)c2ccccc2OCc2ccc(Cl)cc2)cc1)c1ccc(Cl)cc1Cl. The summed E-state index contributed by atoms with van der Waals surface area (Å²) in [4.78, 5) is 25.0. The topological polar surface area (TPSA) is 77.0 Å². The summed E-state index contributed by atoms with van der Waals surface area (Å²) in [5, 5.41) is 5.28. The van der Waals surface area contributed by atoms with E-state index in [1.807, 2.05) is 12.1 Å². The van der Waals surface area contributed by atoms with Crippen LogP contribution in [-0.4, -0.2) is 18.1 Å². The Hall–Kier alpha value is -3.84. The Kier molecular flexibility index (Phi) is 8.80. The highest BCUT2D eigenvalue weighted by atomic mass is 35.5. The summed E-state index contributed by atoms with van der Waals surface area (Å²) in [6.07, 6.45) is 1.47. The lowest BCUT2D eigenvalue weighted by atomic mass is 10.2. The van der Waals surface area contributed by atoms with Crippen LogP contribution in [0.3, 0.4) is 0 Å². The summed E-state index contributed by atoms with van der Waals surface area (Å²) < 4.78 is 11.2. The quantitative estimate of drug-likeness (QED) is 0.108. The van der Waals surface area contributed by atoms with Gasteiger partial charge in [-0.15, -0.1) is 0 Å². The van der Waals surface area contributed by atoms with Gasteiger partial charge in [0.2, 0.25) is 0 Å². The maximum absolute atomic E-state index is 12.7. The first-order chi connectivity index (χ1) is 17.9. The van der Waals surface area contributed by atoms with E-state index in [-0.39, 0.29) is 17.2 Å². The van der Waals surface area contributed by atoms with Gasteiger partial charge in [-0.25, -0.2) is 10.2 Å². The van der Waals surface area contributed by atoms with Crippen LogP contribution in [0.15, 0.2) is 96.1 Å². The van der Waals surface area contributed by atoms with Gasteiger partial charge in [-0.05, 0) is 77.9 Å². The molecule has 0 heterocycles. The van der Waals surface area contributed by atoms with E-state index >= 15 is 0 Å². The fourth-order valence-electron chi connectivity index (χ4n) is 3.19. The van der Waals surface area contributed by atoms with Gasteiger partial charge in [0, 0.05) is 10.0 Å². The van der Waals surface area contributed by atoms with Gasteiger partial charge in [0.1, 0.15) is 18.1 Å². The summed E-state index contributed by atoms with van der Waals surface area (Å²) in [5.74, 6) is -0.276. The fourth-order valence-corrected chi connectivity index (χ4v) is 3.80. The van der Waals surface area contributed by atoms with Crippen LogP contribution in [-0.2, 0) is 6.61 Å². The molecular weight excluding hydrogens is 535 g/mol. The second kappa shape index (κ2) is 12.4. The Labute approximate surface area is 228 Å². The molecule has 0 aliphatic rings. The summed E-state index contributed by atoms with van der Waals surface area (Å²) in [6.45, 7) is 0.284. The molecule has 1 N–H and O–H groups in total. The zero-order chi connectivity index (χ0) is 26.2. The molecule has 0 atom stereocenters. The van der Waals surface area contributed by atoms with E-state index in [0.717, 1.165) is 5.56 Å². The number of carbonyl (C=O) groups is 2. The second-order valence-corrected chi connectivity index (χ2v) is 8.97. The first-order valence-corrected chi connectivity index (χ1v) is 12.1. The predicted octanol–water partition coefficient (Wildman–Crippen LogP) is 7.21. The van der Waals surface area contributed by atoms with Crippen molar-refractivity contribution < 1.29 is 19.1 Å². The molecule has 0 bridgehead atoms. The molecule has 4 aromatic rings. The zero-order valence-electron chi connectivity index (χ0n) is 19.2. The third-order valence-electron chi connectivity index (χ3n) is 5.06. The summed E-state index contributed by atoms with van der Waals surface area (Å²) in [7, 11) is 0. The number of amides is 1. The summed E-state index contributed by atoms with van der Waals surface area (Å²) >= 11 is 17.8. The number of hydrogen-bond donors (Lipinski definition) is 1. The first-order valence-electron chi connectivity index (χ1n) is 11.0. The van der Waals surface area contributed by atoms with Crippen LogP contribution in [0.1, 0.15) is 31.8 Å². The number of nitrogens with zero attached hydrogens (tertiary/aromatic N) is 1. The number of benzene rings is 4. The van der Waals surface area contributed by atoms with E-state index in [1.54, 1.807) is 66.7 Å². The first kappa shape index (κ1) is 26.2. The van der Waals surface area contributed by atoms with Crippen LogP contribution in [0.5, 0.6) is 11.5 Å². The van der Waals surface area contributed by atoms with Gasteiger partial charge >= 0.3 is 5.97 Å². The molecule has 4 rings (SSSR count). The van der Waals surface area contributed by atoms with Crippen molar-refractivity contribution in [2.24, 2.45) is 5.10 Å². The van der Waals surface area contributed by atoms with Crippen LogP contribution in [0.25, 0.3) is 0 Å². The van der Waals surface area contributed by atoms with E-state index in [1.165, 1.54) is 18.3 Å². The molecule has 6 nitrogen and oxygen atoms in total. The summed E-state index contributed by atoms with van der Waals surface area (Å²) in [5.41, 5.74) is 4.64. The molecule has 186 valence electrons. The van der Waals surface area contributed by atoms with E-state index in [2.05, 4.69) is 10.5 Å². The third kappa shape index (κ3) is 7.33. The molecule has 0 fully saturated rings. The van der Waals surface area contributed by atoms with Gasteiger partial charge in [-0.1, -0.05) is 59.1 Å². The molecule has 4 aromatic carbocycles. The molecule has 37 heavy (non-hydrogen) atoms. The van der Waals surface area contributed by atoms with Crippen molar-refractivity contribution in [3.63, 3.8) is 0 Å². The average molecular weight is 554 g/mol. The molecule has 0 spiro atoms. The van der Waals surface area contributed by atoms with Crippen LogP contribution >= 0.6 is 34.8 Å². The smallest absolute Gasteiger partial charge is 0.345 e. The maximum Gasteiger partial charge on any atom is 0.345 e. The zero-order valence-corrected chi connectivity index (χ0v) is 21.4. The predicted molar refractivity (Wildman–Crippen MR) is 145 cm³/mol. The lowest BCUT2D eigenvalue weighted by molar-refractivity contribution is 0.0734. The summed E-state index contributed by atoms with van der Waals surface area (Å²) in [6, 6.07) is 25.3. The number of hydrazone groups is 1. The monoisotopic (exact) mass is 552 g/mol. The van der Waals surface area contributed by atoms with Crippen LogP contribution in [0, 0.1) is 0 Å². The number of halogens is 3. The van der Waals surface area contributed by atoms with E-state index in [0.29, 0.717) is 32.7 Å². The van der Waals surface area contributed by atoms with Crippen molar-refractivity contribution in [1.82, 2.24) is 5.43 Å². The Bertz CT molecular complexity index is 1440. The number of nitrogens with one attached hydrogen (secondary N) is 1. The number of para-hydroxylation sites is 1. The van der Waals surface area contributed by atoms with Crippen molar-refractivity contribution in [2.45, 2.75) is 6.61 Å². The number of rotatable bonds is 8. The highest BCUT2D eigenvalue weighted by molar-refractivity contribution is 6.36. The Morgan fingerprint density at radius 1 is 0.811 bits per heavy atom. The molecule has 0 radical (unpaired) electrons. The van der Waals surface area contributed by atoms with Crippen molar-refractivity contribution in [1.29, 1.82) is 0 Å². The molecule has 0 saturated heterocycles. The minimum Gasteiger partial charge on any atom is -0.488 e. The van der Waals surface area contributed by atoms with Gasteiger partial charge in [0.05, 0.1) is 22.4 Å². The van der Waals surface area contributed by atoms with Crippen molar-refractivity contribution in [3.8, 4) is 11.5 Å². The second-order valence-electron chi connectivity index (χ2n) is 7.69. The molecule has 0 aromatic heterocycles. The van der Waals surface area contributed by atoms with Crippen LogP contribution in [0.4, 0.5) is 0 Å². The maximum atomic E-state index is 12.7. The Morgan fingerprint density at radius 3 is 2.24 bits per heavy atom. The van der Waals surface area contributed by atoms with E-state index in [9.17, 15) is 9.59 Å². The van der Waals surface area contributed by atoms with E-state index < -0.39 is 11.9 Å². The number of ether oxygens (including phenoxy) is 2. The normalized spacial score (nSPS) is 10.8. The average Bonchev–Trinajstić information content (AvgIpc) is 2.89. The van der Waals surface area contributed by atoms with Crippen molar-refractivity contribution in [3.05, 3.63) is 128 Å². The van der Waals surface area contributed by atoms with Gasteiger partial charge in [0.15, 0.2) is 0 Å². The molecule has 0 saturated carbocycles. The number of hydrogen-bond acceptors (Lipinski definition) is 5. The highest BCUT2D eigenvalue weighted by Gasteiger charge is 2.14. The third-order valence-corrected chi connectivity index (χ3v) is 5.86. The number of esters is 1. The van der Waals surface area contributed by atoms with Crippen molar-refractivity contribution in [2.75, 3.05) is 0 Å². The molecule has 1 amide bonds. The largest absolute Gasteiger partial charge is 0.488 e. The van der Waals surface area contributed by atoms with Gasteiger partial charge in [0.25, 0.3) is 5.91 Å². The molecule has 0 aliphatic carbocycles.